The van der Waals surface area contributed by atoms with Crippen molar-refractivity contribution in [3.63, 3.8) is 0 Å². The fraction of sp³-hybridized carbons (Fsp3) is 0.318. The van der Waals surface area contributed by atoms with Gasteiger partial charge < -0.3 is 29.9 Å². The first-order valence-electron chi connectivity index (χ1n) is 9.53. The summed E-state index contributed by atoms with van der Waals surface area (Å²) < 4.78 is 10.0. The van der Waals surface area contributed by atoms with Crippen LogP contribution in [0.4, 0.5) is 0 Å². The van der Waals surface area contributed by atoms with Gasteiger partial charge in [-0.3, -0.25) is 9.59 Å². The first-order chi connectivity index (χ1) is 14.7. The van der Waals surface area contributed by atoms with E-state index in [-0.39, 0.29) is 5.78 Å². The normalized spacial score (nSPS) is 26.6. The third kappa shape index (κ3) is 4.80. The van der Waals surface area contributed by atoms with Gasteiger partial charge in [0.1, 0.15) is 18.3 Å². The van der Waals surface area contributed by atoms with Crippen molar-refractivity contribution in [3.8, 4) is 0 Å². The van der Waals surface area contributed by atoms with E-state index in [9.17, 15) is 29.7 Å². The molecule has 0 bridgehead atoms. The van der Waals surface area contributed by atoms with E-state index in [2.05, 4.69) is 0 Å². The number of ether oxygens (including phenoxy) is 2. The first kappa shape index (κ1) is 22.6. The van der Waals surface area contributed by atoms with Crippen LogP contribution in [0, 0.1) is 0 Å². The molecule has 1 aliphatic rings. The number of hydrogen-bond acceptors (Lipinski definition) is 8. The first-order valence-corrected chi connectivity index (χ1v) is 9.53. The van der Waals surface area contributed by atoms with Crippen LogP contribution in [-0.4, -0.2) is 68.9 Å². The number of hydrogen-bond donors (Lipinski definition) is 4. The number of benzene rings is 2. The van der Waals surface area contributed by atoms with Gasteiger partial charge in [0, 0.05) is 11.1 Å². The number of carbonyl (C=O) groups excluding carboxylic acids is 2. The molecule has 6 unspecified atom stereocenters. The highest BCUT2D eigenvalue weighted by molar-refractivity contribution is 6.09. The summed E-state index contributed by atoms with van der Waals surface area (Å²) in [6.07, 6.45) is -9.27. The average molecular weight is 430 g/mol. The van der Waals surface area contributed by atoms with Crippen LogP contribution in [0.2, 0.25) is 0 Å². The van der Waals surface area contributed by atoms with Crippen molar-refractivity contribution < 1.29 is 44.3 Å². The van der Waals surface area contributed by atoms with Crippen LogP contribution in [0.3, 0.4) is 0 Å². The number of aliphatic hydroxyl groups is 3. The maximum atomic E-state index is 12.6. The largest absolute Gasteiger partial charge is 0.479 e. The molecule has 4 N–H and O–H groups in total. The molecular formula is C22H22O9. The van der Waals surface area contributed by atoms with Crippen LogP contribution in [-0.2, 0) is 19.1 Å². The molecule has 0 amide bonds. The minimum atomic E-state index is -1.89. The number of carbonyl (C=O) groups is 3. The molecule has 164 valence electrons. The quantitative estimate of drug-likeness (QED) is 0.378. The van der Waals surface area contributed by atoms with E-state index < -0.39 is 48.6 Å². The minimum absolute atomic E-state index is 0.226. The molecule has 0 aromatic heterocycles. The molecule has 9 heteroatoms. The molecule has 1 aliphatic heterocycles. The molecule has 0 radical (unpaired) electrons. The van der Waals surface area contributed by atoms with Crippen LogP contribution in [0.25, 0.3) is 0 Å². The van der Waals surface area contributed by atoms with E-state index in [1.165, 1.54) is 13.0 Å². The Morgan fingerprint density at radius 2 is 1.55 bits per heavy atom. The van der Waals surface area contributed by atoms with E-state index in [0.717, 1.165) is 0 Å². The van der Waals surface area contributed by atoms with Gasteiger partial charge in [-0.25, -0.2) is 4.79 Å². The molecule has 9 nitrogen and oxygen atoms in total. The standard InChI is InChI=1S/C22H22O9/c1-11(13-8-5-9-14(10-13)15(23)12-6-3-2-4-7-12)21(29)31-22-18(26)16(24)17(25)19(30-22)20(27)28/h2-11,16-19,22,24-26H,1H3,(H,27,28). The van der Waals surface area contributed by atoms with Crippen LogP contribution in [0.1, 0.15) is 34.3 Å². The summed E-state index contributed by atoms with van der Waals surface area (Å²) in [7, 11) is 0. The fourth-order valence-electron chi connectivity index (χ4n) is 3.21. The second kappa shape index (κ2) is 9.36. The molecule has 3 rings (SSSR count). The van der Waals surface area contributed by atoms with Gasteiger partial charge in [-0.05, 0) is 18.6 Å². The van der Waals surface area contributed by atoms with Crippen LogP contribution in [0.15, 0.2) is 54.6 Å². The molecule has 2 aromatic carbocycles. The minimum Gasteiger partial charge on any atom is -0.479 e. The number of ketones is 1. The topological polar surface area (TPSA) is 151 Å². The fourth-order valence-corrected chi connectivity index (χ4v) is 3.21. The summed E-state index contributed by atoms with van der Waals surface area (Å²) in [6.45, 7) is 1.50. The highest BCUT2D eigenvalue weighted by Gasteiger charge is 2.48. The van der Waals surface area contributed by atoms with Crippen molar-refractivity contribution in [2.45, 2.75) is 43.5 Å². The molecule has 0 aliphatic carbocycles. The molecule has 31 heavy (non-hydrogen) atoms. The smallest absolute Gasteiger partial charge is 0.335 e. The molecule has 1 saturated heterocycles. The van der Waals surface area contributed by atoms with Crippen molar-refractivity contribution in [1.29, 1.82) is 0 Å². The molecule has 0 saturated carbocycles. The van der Waals surface area contributed by atoms with Crippen LogP contribution >= 0.6 is 0 Å². The maximum absolute atomic E-state index is 12.6. The van der Waals surface area contributed by atoms with E-state index >= 15 is 0 Å². The number of aliphatic hydroxyl groups excluding tert-OH is 3. The van der Waals surface area contributed by atoms with Crippen LogP contribution < -0.4 is 0 Å². The number of rotatable bonds is 6. The van der Waals surface area contributed by atoms with Crippen molar-refractivity contribution in [1.82, 2.24) is 0 Å². The monoisotopic (exact) mass is 430 g/mol. The van der Waals surface area contributed by atoms with Gasteiger partial charge in [-0.1, -0.05) is 48.5 Å². The predicted octanol–water partition coefficient (Wildman–Crippen LogP) is 0.457. The lowest BCUT2D eigenvalue weighted by Crippen LogP contribution is -2.60. The Kier molecular flexibility index (Phi) is 6.81. The van der Waals surface area contributed by atoms with Gasteiger partial charge in [0.15, 0.2) is 11.9 Å². The predicted molar refractivity (Wildman–Crippen MR) is 105 cm³/mol. The zero-order chi connectivity index (χ0) is 22.7. The van der Waals surface area contributed by atoms with Crippen molar-refractivity contribution in [2.75, 3.05) is 0 Å². The number of esters is 1. The molecule has 0 spiro atoms. The zero-order valence-corrected chi connectivity index (χ0v) is 16.5. The SMILES string of the molecule is CC(C(=O)OC1OC(C(=O)O)C(O)C(O)C1O)c1cccc(C(=O)c2ccccc2)c1. The van der Waals surface area contributed by atoms with E-state index in [0.29, 0.717) is 16.7 Å². The Morgan fingerprint density at radius 1 is 0.903 bits per heavy atom. The highest BCUT2D eigenvalue weighted by atomic mass is 16.7. The summed E-state index contributed by atoms with van der Waals surface area (Å²) in [5, 5.41) is 38.6. The Bertz CT molecular complexity index is 958. The summed E-state index contributed by atoms with van der Waals surface area (Å²) in [5.74, 6) is -3.58. The number of aliphatic carboxylic acids is 1. The van der Waals surface area contributed by atoms with Gasteiger partial charge in [0.25, 0.3) is 0 Å². The third-order valence-corrected chi connectivity index (χ3v) is 5.08. The lowest BCUT2D eigenvalue weighted by molar-refractivity contribution is -0.286. The van der Waals surface area contributed by atoms with E-state index in [4.69, 9.17) is 14.6 Å². The van der Waals surface area contributed by atoms with Crippen molar-refractivity contribution >= 4 is 17.7 Å². The molecule has 1 fully saturated rings. The summed E-state index contributed by atoms with van der Waals surface area (Å²) >= 11 is 0. The Labute approximate surface area is 177 Å². The van der Waals surface area contributed by atoms with Crippen LogP contribution in [0.5, 0.6) is 0 Å². The molecular weight excluding hydrogens is 408 g/mol. The van der Waals surface area contributed by atoms with Gasteiger partial charge in [-0.2, -0.15) is 0 Å². The van der Waals surface area contributed by atoms with Gasteiger partial charge in [0.2, 0.25) is 6.29 Å². The Balaban J connectivity index is 1.74. The second-order valence-corrected chi connectivity index (χ2v) is 7.21. The average Bonchev–Trinajstić information content (AvgIpc) is 2.78. The number of carboxylic acid groups (broad SMARTS) is 1. The van der Waals surface area contributed by atoms with E-state index in [1.54, 1.807) is 48.5 Å². The maximum Gasteiger partial charge on any atom is 0.335 e. The third-order valence-electron chi connectivity index (χ3n) is 5.08. The Hall–Kier alpha value is -3.11. The van der Waals surface area contributed by atoms with E-state index in [1.807, 2.05) is 0 Å². The van der Waals surface area contributed by atoms with Crippen molar-refractivity contribution in [3.05, 3.63) is 71.3 Å². The van der Waals surface area contributed by atoms with Gasteiger partial charge in [-0.15, -0.1) is 0 Å². The summed E-state index contributed by atoms with van der Waals surface area (Å²) in [5.41, 5.74) is 1.30. The molecule has 1 heterocycles. The number of carboxylic acids is 1. The summed E-state index contributed by atoms with van der Waals surface area (Å²) in [4.78, 5) is 36.4. The molecule has 2 aromatic rings. The lowest BCUT2D eigenvalue weighted by Gasteiger charge is -2.38. The molecule has 6 atom stereocenters. The van der Waals surface area contributed by atoms with Gasteiger partial charge in [0.05, 0.1) is 5.92 Å². The zero-order valence-electron chi connectivity index (χ0n) is 16.5. The summed E-state index contributed by atoms with van der Waals surface area (Å²) in [6, 6.07) is 15.0. The van der Waals surface area contributed by atoms with Crippen molar-refractivity contribution in [2.24, 2.45) is 0 Å². The highest BCUT2D eigenvalue weighted by Crippen LogP contribution is 2.26. The van der Waals surface area contributed by atoms with Gasteiger partial charge >= 0.3 is 11.9 Å². The second-order valence-electron chi connectivity index (χ2n) is 7.21. The Morgan fingerprint density at radius 3 is 2.19 bits per heavy atom. The lowest BCUT2D eigenvalue weighted by atomic mass is 9.95.